The number of rotatable bonds is 1. The van der Waals surface area contributed by atoms with Gasteiger partial charge >= 0.3 is 0 Å². The number of amides is 1. The number of carbonyl (C=O) groups is 1. The largest absolute Gasteiger partial charge is 0.350 e. The van der Waals surface area contributed by atoms with Crippen LogP contribution in [-0.2, 0) is 4.79 Å². The molecule has 0 saturated carbocycles. The van der Waals surface area contributed by atoms with Crippen LogP contribution in [0.3, 0.4) is 0 Å². The third kappa shape index (κ3) is 1.93. The number of piperidine rings is 1. The van der Waals surface area contributed by atoms with E-state index in [1.807, 2.05) is 18.3 Å². The van der Waals surface area contributed by atoms with Crippen LogP contribution in [0.25, 0.3) is 0 Å². The van der Waals surface area contributed by atoms with Gasteiger partial charge in [-0.3, -0.25) is 9.78 Å². The van der Waals surface area contributed by atoms with Crippen LogP contribution < -0.4 is 10.6 Å². The van der Waals surface area contributed by atoms with Crippen LogP contribution in [-0.4, -0.2) is 29.5 Å². The Morgan fingerprint density at radius 1 is 1.35 bits per heavy atom. The molecule has 4 heteroatoms. The van der Waals surface area contributed by atoms with Gasteiger partial charge in [0.05, 0.1) is 5.92 Å². The molecule has 4 nitrogen and oxygen atoms in total. The first-order valence-electron chi connectivity index (χ1n) is 6.22. The Morgan fingerprint density at radius 2 is 2.18 bits per heavy atom. The third-order valence-corrected chi connectivity index (χ3v) is 3.95. The molecule has 0 aliphatic carbocycles. The van der Waals surface area contributed by atoms with Gasteiger partial charge in [0.25, 0.3) is 0 Å². The lowest BCUT2D eigenvalue weighted by Crippen LogP contribution is -2.49. The number of pyridine rings is 1. The van der Waals surface area contributed by atoms with E-state index in [0.717, 1.165) is 37.9 Å². The average Bonchev–Trinajstić information content (AvgIpc) is 2.68. The Morgan fingerprint density at radius 3 is 2.88 bits per heavy atom. The monoisotopic (exact) mass is 231 g/mol. The van der Waals surface area contributed by atoms with E-state index in [1.165, 1.54) is 0 Å². The number of aromatic nitrogens is 1. The van der Waals surface area contributed by atoms with Crippen molar-refractivity contribution < 1.29 is 4.79 Å². The van der Waals surface area contributed by atoms with Crippen molar-refractivity contribution >= 4 is 5.91 Å². The minimum Gasteiger partial charge on any atom is -0.350 e. The van der Waals surface area contributed by atoms with Crippen LogP contribution in [0.15, 0.2) is 24.5 Å². The molecule has 0 bridgehead atoms. The molecule has 2 fully saturated rings. The number of carbonyl (C=O) groups excluding carboxylic acids is 1. The Hall–Kier alpha value is -1.42. The SMILES string of the molecule is O=C1NC2(CCNCC2)CC1c1cccnc1. The molecule has 0 radical (unpaired) electrons. The molecule has 2 aliphatic heterocycles. The van der Waals surface area contributed by atoms with Gasteiger partial charge in [0.1, 0.15) is 0 Å². The molecule has 1 amide bonds. The van der Waals surface area contributed by atoms with E-state index in [2.05, 4.69) is 15.6 Å². The Balaban J connectivity index is 1.82. The highest BCUT2D eigenvalue weighted by atomic mass is 16.2. The minimum absolute atomic E-state index is 0.0122. The van der Waals surface area contributed by atoms with Gasteiger partial charge in [0.15, 0.2) is 0 Å². The summed E-state index contributed by atoms with van der Waals surface area (Å²) in [6.45, 7) is 2.00. The smallest absolute Gasteiger partial charge is 0.228 e. The fourth-order valence-electron chi connectivity index (χ4n) is 2.97. The van der Waals surface area contributed by atoms with E-state index in [0.29, 0.717) is 0 Å². The Kier molecular flexibility index (Phi) is 2.59. The zero-order valence-electron chi connectivity index (χ0n) is 9.78. The van der Waals surface area contributed by atoms with E-state index in [1.54, 1.807) is 6.20 Å². The zero-order chi connectivity index (χ0) is 11.7. The standard InChI is InChI=1S/C13H17N3O/c17-12-11(10-2-1-5-15-9-10)8-13(16-12)3-6-14-7-4-13/h1-2,5,9,11,14H,3-4,6-8H2,(H,16,17). The summed E-state index contributed by atoms with van der Waals surface area (Å²) in [6, 6.07) is 3.90. The molecule has 2 N–H and O–H groups in total. The van der Waals surface area contributed by atoms with Crippen molar-refractivity contribution in [3.8, 4) is 0 Å². The first-order valence-corrected chi connectivity index (χ1v) is 6.22. The Labute approximate surface area is 101 Å². The van der Waals surface area contributed by atoms with Gasteiger partial charge in [-0.1, -0.05) is 6.07 Å². The molecule has 3 heterocycles. The summed E-state index contributed by atoms with van der Waals surface area (Å²) in [5, 5.41) is 6.55. The van der Waals surface area contributed by atoms with E-state index in [9.17, 15) is 4.79 Å². The van der Waals surface area contributed by atoms with Gasteiger partial charge in [0, 0.05) is 17.9 Å². The van der Waals surface area contributed by atoms with Gasteiger partial charge in [0.2, 0.25) is 5.91 Å². The predicted molar refractivity (Wildman–Crippen MR) is 64.6 cm³/mol. The van der Waals surface area contributed by atoms with E-state index < -0.39 is 0 Å². The van der Waals surface area contributed by atoms with Crippen LogP contribution in [0.5, 0.6) is 0 Å². The van der Waals surface area contributed by atoms with Crippen molar-refractivity contribution in [3.05, 3.63) is 30.1 Å². The molecule has 1 atom stereocenters. The highest BCUT2D eigenvalue weighted by Crippen LogP contribution is 2.37. The van der Waals surface area contributed by atoms with Crippen molar-refractivity contribution in [1.82, 2.24) is 15.6 Å². The van der Waals surface area contributed by atoms with Gasteiger partial charge in [-0.05, 0) is 44.0 Å². The lowest BCUT2D eigenvalue weighted by Gasteiger charge is -2.33. The molecular weight excluding hydrogens is 214 g/mol. The summed E-state index contributed by atoms with van der Waals surface area (Å²) in [5.41, 5.74) is 1.07. The molecule has 17 heavy (non-hydrogen) atoms. The summed E-state index contributed by atoms with van der Waals surface area (Å²) in [4.78, 5) is 16.2. The van der Waals surface area contributed by atoms with Crippen LogP contribution in [0.1, 0.15) is 30.7 Å². The second-order valence-electron chi connectivity index (χ2n) is 5.06. The van der Waals surface area contributed by atoms with Gasteiger partial charge in [-0.2, -0.15) is 0 Å². The normalized spacial score (nSPS) is 27.1. The molecule has 3 rings (SSSR count). The fraction of sp³-hybridized carbons (Fsp3) is 0.538. The number of hydrogen-bond donors (Lipinski definition) is 2. The maximum atomic E-state index is 12.1. The summed E-state index contributed by atoms with van der Waals surface area (Å²) < 4.78 is 0. The van der Waals surface area contributed by atoms with Crippen LogP contribution in [0, 0.1) is 0 Å². The quantitative estimate of drug-likeness (QED) is 0.752. The lowest BCUT2D eigenvalue weighted by molar-refractivity contribution is -0.121. The van der Waals surface area contributed by atoms with Crippen molar-refractivity contribution in [1.29, 1.82) is 0 Å². The summed E-state index contributed by atoms with van der Waals surface area (Å²) in [5.74, 6) is 0.154. The summed E-state index contributed by atoms with van der Waals surface area (Å²) >= 11 is 0. The van der Waals surface area contributed by atoms with Crippen molar-refractivity contribution in [2.75, 3.05) is 13.1 Å². The topological polar surface area (TPSA) is 54.0 Å². The van der Waals surface area contributed by atoms with Gasteiger partial charge < -0.3 is 10.6 Å². The molecule has 1 spiro atoms. The van der Waals surface area contributed by atoms with Crippen molar-refractivity contribution in [2.24, 2.45) is 0 Å². The molecule has 0 aromatic carbocycles. The predicted octanol–water partition coefficient (Wildman–Crippen LogP) is 0.807. The maximum absolute atomic E-state index is 12.1. The number of nitrogens with zero attached hydrogens (tertiary/aromatic N) is 1. The lowest BCUT2D eigenvalue weighted by atomic mass is 9.83. The summed E-state index contributed by atoms with van der Waals surface area (Å²) in [6.07, 6.45) is 6.55. The van der Waals surface area contributed by atoms with Crippen molar-refractivity contribution in [3.63, 3.8) is 0 Å². The average molecular weight is 231 g/mol. The number of hydrogen-bond acceptors (Lipinski definition) is 3. The van der Waals surface area contributed by atoms with Crippen molar-refractivity contribution in [2.45, 2.75) is 30.7 Å². The summed E-state index contributed by atoms with van der Waals surface area (Å²) in [7, 11) is 0. The molecular formula is C13H17N3O. The Bertz CT molecular complexity index is 412. The fourth-order valence-corrected chi connectivity index (χ4v) is 2.97. The molecule has 1 unspecified atom stereocenters. The molecule has 90 valence electrons. The van der Waals surface area contributed by atoms with Crippen LogP contribution >= 0.6 is 0 Å². The van der Waals surface area contributed by atoms with Crippen LogP contribution in [0.2, 0.25) is 0 Å². The number of nitrogens with one attached hydrogen (secondary N) is 2. The second-order valence-corrected chi connectivity index (χ2v) is 5.06. The van der Waals surface area contributed by atoms with E-state index >= 15 is 0 Å². The first kappa shape index (κ1) is 10.7. The highest BCUT2D eigenvalue weighted by molar-refractivity contribution is 5.87. The highest BCUT2D eigenvalue weighted by Gasteiger charge is 2.44. The minimum atomic E-state index is -0.0122. The molecule has 1 aromatic heterocycles. The maximum Gasteiger partial charge on any atom is 0.228 e. The third-order valence-electron chi connectivity index (χ3n) is 3.95. The van der Waals surface area contributed by atoms with Gasteiger partial charge in [-0.15, -0.1) is 0 Å². The van der Waals surface area contributed by atoms with Gasteiger partial charge in [-0.25, -0.2) is 0 Å². The first-order chi connectivity index (χ1) is 8.29. The van der Waals surface area contributed by atoms with E-state index in [-0.39, 0.29) is 17.4 Å². The zero-order valence-corrected chi connectivity index (χ0v) is 9.78. The molecule has 1 aromatic rings. The second kappa shape index (κ2) is 4.11. The van der Waals surface area contributed by atoms with Crippen LogP contribution in [0.4, 0.5) is 0 Å². The van der Waals surface area contributed by atoms with E-state index in [4.69, 9.17) is 0 Å². The molecule has 2 aliphatic rings. The molecule has 2 saturated heterocycles.